The van der Waals surface area contributed by atoms with E-state index in [1.54, 1.807) is 17.0 Å². The summed E-state index contributed by atoms with van der Waals surface area (Å²) in [5.41, 5.74) is 0.751. The van der Waals surface area contributed by atoms with E-state index in [2.05, 4.69) is 9.97 Å². The number of hydrogen-bond donors (Lipinski definition) is 2. The number of hydrogen-bond acceptors (Lipinski definition) is 5. The molecule has 3 aromatic rings. The number of nitrogens with one attached hydrogen (secondary N) is 1. The summed E-state index contributed by atoms with van der Waals surface area (Å²) in [6, 6.07) is 11.0. The fraction of sp³-hybridized carbons (Fsp3) is 0.250. The minimum Gasteiger partial charge on any atom is -0.508 e. The second-order valence-electron chi connectivity index (χ2n) is 6.61. The Labute approximate surface area is 160 Å². The van der Waals surface area contributed by atoms with E-state index in [-0.39, 0.29) is 17.2 Å². The van der Waals surface area contributed by atoms with Crippen LogP contribution in [0.5, 0.6) is 5.75 Å². The number of benzene rings is 1. The molecule has 7 heteroatoms. The van der Waals surface area contributed by atoms with Gasteiger partial charge in [0.2, 0.25) is 0 Å². The van der Waals surface area contributed by atoms with Crippen molar-refractivity contribution in [3.63, 3.8) is 0 Å². The van der Waals surface area contributed by atoms with E-state index in [0.29, 0.717) is 24.8 Å². The molecule has 1 fully saturated rings. The number of H-pyrrole nitrogens is 1. The molecule has 0 spiro atoms. The summed E-state index contributed by atoms with van der Waals surface area (Å²) in [6.07, 6.45) is 2.97. The Bertz CT molecular complexity index is 1010. The highest BCUT2D eigenvalue weighted by atomic mass is 32.1. The van der Waals surface area contributed by atoms with Crippen LogP contribution in [0.25, 0.3) is 10.7 Å². The SMILES string of the molecule is O=C(c1cnc(-c2cccs2)[nH]c1=O)N1CCC(c2cccc(O)c2)CC1. The third kappa shape index (κ3) is 3.64. The number of aromatic amines is 1. The van der Waals surface area contributed by atoms with Gasteiger partial charge in [-0.15, -0.1) is 11.3 Å². The second-order valence-corrected chi connectivity index (χ2v) is 7.56. The van der Waals surface area contributed by atoms with Crippen molar-refractivity contribution >= 4 is 17.2 Å². The summed E-state index contributed by atoms with van der Waals surface area (Å²) in [7, 11) is 0. The molecular weight excluding hydrogens is 362 g/mol. The van der Waals surface area contributed by atoms with Crippen molar-refractivity contribution < 1.29 is 9.90 Å². The molecule has 3 heterocycles. The van der Waals surface area contributed by atoms with E-state index >= 15 is 0 Å². The van der Waals surface area contributed by atoms with Crippen molar-refractivity contribution in [3.8, 4) is 16.5 Å². The molecule has 1 aliphatic heterocycles. The second kappa shape index (κ2) is 7.36. The van der Waals surface area contributed by atoms with Gasteiger partial charge in [0.1, 0.15) is 17.1 Å². The van der Waals surface area contributed by atoms with Gasteiger partial charge in [-0.2, -0.15) is 0 Å². The first-order chi connectivity index (χ1) is 13.1. The molecule has 0 radical (unpaired) electrons. The molecule has 138 valence electrons. The quantitative estimate of drug-likeness (QED) is 0.729. The lowest BCUT2D eigenvalue weighted by Crippen LogP contribution is -2.40. The van der Waals surface area contributed by atoms with Gasteiger partial charge >= 0.3 is 0 Å². The maximum Gasteiger partial charge on any atom is 0.264 e. The molecule has 1 aromatic carbocycles. The zero-order valence-electron chi connectivity index (χ0n) is 14.6. The monoisotopic (exact) mass is 381 g/mol. The molecular formula is C20H19N3O3S. The third-order valence-corrected chi connectivity index (χ3v) is 5.78. The lowest BCUT2D eigenvalue weighted by atomic mass is 9.89. The number of aromatic nitrogens is 2. The van der Waals surface area contributed by atoms with Gasteiger partial charge in [-0.05, 0) is 47.9 Å². The zero-order valence-corrected chi connectivity index (χ0v) is 15.4. The highest BCUT2D eigenvalue weighted by molar-refractivity contribution is 7.13. The van der Waals surface area contributed by atoms with Gasteiger partial charge in [-0.25, -0.2) is 4.98 Å². The summed E-state index contributed by atoms with van der Waals surface area (Å²) in [6.45, 7) is 1.15. The van der Waals surface area contributed by atoms with E-state index in [0.717, 1.165) is 23.3 Å². The van der Waals surface area contributed by atoms with Crippen molar-refractivity contribution in [2.75, 3.05) is 13.1 Å². The predicted octanol–water partition coefficient (Wildman–Crippen LogP) is 3.22. The number of amides is 1. The molecule has 0 saturated carbocycles. The molecule has 0 unspecified atom stereocenters. The summed E-state index contributed by atoms with van der Waals surface area (Å²) in [5.74, 6) is 0.762. The largest absolute Gasteiger partial charge is 0.508 e. The van der Waals surface area contributed by atoms with Crippen molar-refractivity contribution in [1.29, 1.82) is 0 Å². The molecule has 0 atom stereocenters. The van der Waals surface area contributed by atoms with Gasteiger partial charge < -0.3 is 15.0 Å². The summed E-state index contributed by atoms with van der Waals surface area (Å²) in [5, 5.41) is 11.6. The molecule has 2 N–H and O–H groups in total. The molecule has 0 bridgehead atoms. The zero-order chi connectivity index (χ0) is 18.8. The molecule has 27 heavy (non-hydrogen) atoms. The molecule has 0 aliphatic carbocycles. The van der Waals surface area contributed by atoms with Gasteiger partial charge in [-0.3, -0.25) is 9.59 Å². The highest BCUT2D eigenvalue weighted by Gasteiger charge is 2.26. The molecule has 1 saturated heterocycles. The number of carbonyl (C=O) groups is 1. The summed E-state index contributed by atoms with van der Waals surface area (Å²) >= 11 is 1.48. The number of carbonyl (C=O) groups excluding carboxylic acids is 1. The number of likely N-dealkylation sites (tertiary alicyclic amines) is 1. The Morgan fingerprint density at radius 2 is 2.04 bits per heavy atom. The fourth-order valence-electron chi connectivity index (χ4n) is 3.45. The van der Waals surface area contributed by atoms with E-state index in [4.69, 9.17) is 0 Å². The molecule has 1 amide bonds. The highest BCUT2D eigenvalue weighted by Crippen LogP contribution is 2.30. The average Bonchev–Trinajstić information content (AvgIpc) is 3.22. The minimum absolute atomic E-state index is 0.0751. The third-order valence-electron chi connectivity index (χ3n) is 4.91. The van der Waals surface area contributed by atoms with Gasteiger partial charge in [0, 0.05) is 19.3 Å². The Morgan fingerprint density at radius 1 is 1.22 bits per heavy atom. The first-order valence-corrected chi connectivity index (χ1v) is 9.71. The van der Waals surface area contributed by atoms with Crippen molar-refractivity contribution in [3.05, 3.63) is 69.5 Å². The number of thiophene rings is 1. The van der Waals surface area contributed by atoms with Gasteiger partial charge in [0.05, 0.1) is 4.88 Å². The van der Waals surface area contributed by atoms with Crippen LogP contribution < -0.4 is 5.56 Å². The topological polar surface area (TPSA) is 86.3 Å². The lowest BCUT2D eigenvalue weighted by molar-refractivity contribution is 0.0710. The van der Waals surface area contributed by atoms with Gasteiger partial charge in [-0.1, -0.05) is 18.2 Å². The molecule has 2 aromatic heterocycles. The number of piperidine rings is 1. The molecule has 6 nitrogen and oxygen atoms in total. The van der Waals surface area contributed by atoms with Crippen LogP contribution in [0.2, 0.25) is 0 Å². The van der Waals surface area contributed by atoms with E-state index in [1.165, 1.54) is 17.5 Å². The maximum atomic E-state index is 12.7. The maximum absolute atomic E-state index is 12.7. The van der Waals surface area contributed by atoms with Crippen LogP contribution in [-0.4, -0.2) is 39.0 Å². The standard InChI is InChI=1S/C20H19N3O3S/c24-15-4-1-3-14(11-15)13-6-8-23(9-7-13)20(26)16-12-21-18(22-19(16)25)17-5-2-10-27-17/h1-5,10-13,24H,6-9H2,(H,21,22,25). The van der Waals surface area contributed by atoms with Crippen LogP contribution in [0.3, 0.4) is 0 Å². The Morgan fingerprint density at radius 3 is 2.70 bits per heavy atom. The summed E-state index contributed by atoms with van der Waals surface area (Å²) in [4.78, 5) is 34.6. The number of rotatable bonds is 3. The van der Waals surface area contributed by atoms with Crippen LogP contribution in [0.15, 0.2) is 52.8 Å². The Hall–Kier alpha value is -2.93. The number of phenolic OH excluding ortho intramolecular Hbond substituents is 1. The number of nitrogens with zero attached hydrogens (tertiary/aromatic N) is 2. The minimum atomic E-state index is -0.409. The number of phenols is 1. The van der Waals surface area contributed by atoms with Gasteiger partial charge in [0.15, 0.2) is 0 Å². The first-order valence-electron chi connectivity index (χ1n) is 8.83. The van der Waals surface area contributed by atoms with E-state index in [1.807, 2.05) is 29.6 Å². The van der Waals surface area contributed by atoms with Crippen LogP contribution >= 0.6 is 11.3 Å². The summed E-state index contributed by atoms with van der Waals surface area (Å²) < 4.78 is 0. The fourth-order valence-corrected chi connectivity index (χ4v) is 4.13. The van der Waals surface area contributed by atoms with Crippen LogP contribution in [0.1, 0.15) is 34.7 Å². The van der Waals surface area contributed by atoms with Crippen molar-refractivity contribution in [2.45, 2.75) is 18.8 Å². The van der Waals surface area contributed by atoms with Crippen LogP contribution in [-0.2, 0) is 0 Å². The van der Waals surface area contributed by atoms with Gasteiger partial charge in [0.25, 0.3) is 11.5 Å². The predicted molar refractivity (Wildman–Crippen MR) is 104 cm³/mol. The lowest BCUT2D eigenvalue weighted by Gasteiger charge is -2.32. The average molecular weight is 381 g/mol. The Kier molecular flexibility index (Phi) is 4.77. The number of aromatic hydroxyl groups is 1. The van der Waals surface area contributed by atoms with Crippen molar-refractivity contribution in [2.24, 2.45) is 0 Å². The van der Waals surface area contributed by atoms with Crippen LogP contribution in [0.4, 0.5) is 0 Å². The first kappa shape index (κ1) is 17.5. The normalized spacial score (nSPS) is 15.0. The van der Waals surface area contributed by atoms with E-state index < -0.39 is 5.56 Å². The smallest absolute Gasteiger partial charge is 0.264 e. The molecule has 4 rings (SSSR count). The van der Waals surface area contributed by atoms with Crippen LogP contribution in [0, 0.1) is 0 Å². The Balaban J connectivity index is 1.46. The molecule has 1 aliphatic rings. The van der Waals surface area contributed by atoms with E-state index in [9.17, 15) is 14.7 Å². The van der Waals surface area contributed by atoms with Crippen molar-refractivity contribution in [1.82, 2.24) is 14.9 Å².